The Balaban J connectivity index is 1.25. The molecule has 0 amide bonds. The molecule has 0 saturated heterocycles. The quantitative estimate of drug-likeness (QED) is 0.215. The van der Waals surface area contributed by atoms with E-state index in [0.29, 0.717) is 6.61 Å². The van der Waals surface area contributed by atoms with Crippen LogP contribution in [0.15, 0.2) is 83.4 Å². The van der Waals surface area contributed by atoms with E-state index in [1.165, 1.54) is 5.56 Å². The van der Waals surface area contributed by atoms with Gasteiger partial charge >= 0.3 is 5.97 Å². The van der Waals surface area contributed by atoms with Crippen LogP contribution in [0.5, 0.6) is 0 Å². The van der Waals surface area contributed by atoms with Gasteiger partial charge in [0.15, 0.2) is 5.76 Å². The summed E-state index contributed by atoms with van der Waals surface area (Å²) in [5.41, 5.74) is 7.21. The van der Waals surface area contributed by atoms with Crippen molar-refractivity contribution in [3.63, 3.8) is 0 Å². The lowest BCUT2D eigenvalue weighted by Crippen LogP contribution is -2.23. The van der Waals surface area contributed by atoms with Crippen LogP contribution in [0.2, 0.25) is 0 Å². The number of esters is 1. The highest BCUT2D eigenvalue weighted by Crippen LogP contribution is 2.49. The van der Waals surface area contributed by atoms with Gasteiger partial charge in [-0.3, -0.25) is 4.79 Å². The van der Waals surface area contributed by atoms with Gasteiger partial charge in [-0.05, 0) is 61.9 Å². The summed E-state index contributed by atoms with van der Waals surface area (Å²) in [6, 6.07) is 27.1. The number of benzene rings is 3. The van der Waals surface area contributed by atoms with Gasteiger partial charge in [-0.15, -0.1) is 0 Å². The van der Waals surface area contributed by atoms with Gasteiger partial charge in [0.1, 0.15) is 0 Å². The SMILES string of the molecule is CCOC(=O)C1(c2ccc(-c3ccc(-c4onc(C)c4CCNCc4ccccc4)cc3)cc2)CC1. The first-order valence-electron chi connectivity index (χ1n) is 12.7. The number of ether oxygens (including phenoxy) is 1. The second kappa shape index (κ2) is 10.5. The van der Waals surface area contributed by atoms with Crippen LogP contribution in [0, 0.1) is 6.92 Å². The van der Waals surface area contributed by atoms with Crippen LogP contribution in [0.3, 0.4) is 0 Å². The Morgan fingerprint density at radius 2 is 1.58 bits per heavy atom. The molecule has 36 heavy (non-hydrogen) atoms. The number of carbonyl (C=O) groups is 1. The van der Waals surface area contributed by atoms with Crippen LogP contribution in [-0.2, 0) is 27.9 Å². The molecule has 0 aliphatic heterocycles. The molecule has 5 heteroatoms. The van der Waals surface area contributed by atoms with Crippen LogP contribution in [-0.4, -0.2) is 24.3 Å². The van der Waals surface area contributed by atoms with Crippen molar-refractivity contribution in [2.75, 3.05) is 13.2 Å². The molecule has 0 spiro atoms. The number of hydrogen-bond donors (Lipinski definition) is 1. The molecule has 0 unspecified atom stereocenters. The second-order valence-corrected chi connectivity index (χ2v) is 9.45. The first-order chi connectivity index (χ1) is 17.6. The lowest BCUT2D eigenvalue weighted by Gasteiger charge is -2.14. The number of nitrogens with zero attached hydrogens (tertiary/aromatic N) is 1. The average molecular weight is 481 g/mol. The summed E-state index contributed by atoms with van der Waals surface area (Å²) in [5, 5.41) is 7.75. The van der Waals surface area contributed by atoms with Gasteiger partial charge < -0.3 is 14.6 Å². The van der Waals surface area contributed by atoms with Crippen molar-refractivity contribution in [3.8, 4) is 22.5 Å². The van der Waals surface area contributed by atoms with E-state index >= 15 is 0 Å². The summed E-state index contributed by atoms with van der Waals surface area (Å²) in [6.07, 6.45) is 2.57. The first-order valence-corrected chi connectivity index (χ1v) is 12.7. The molecule has 4 aromatic rings. The Bertz CT molecular complexity index is 1300. The molecule has 184 valence electrons. The standard InChI is InChI=1S/C31H32N2O3/c1-3-35-30(34)31(18-19-31)27-15-13-25(14-16-27)24-9-11-26(12-10-24)29-28(22(2)33-36-29)17-20-32-21-23-7-5-4-6-8-23/h4-16,32H,3,17-21H2,1-2H3. The van der Waals surface area contributed by atoms with Gasteiger partial charge in [0.25, 0.3) is 0 Å². The predicted molar refractivity (Wildman–Crippen MR) is 142 cm³/mol. The molecule has 1 heterocycles. The largest absolute Gasteiger partial charge is 0.465 e. The number of aromatic nitrogens is 1. The van der Waals surface area contributed by atoms with Crippen molar-refractivity contribution in [2.45, 2.75) is 45.1 Å². The van der Waals surface area contributed by atoms with E-state index in [1.54, 1.807) is 0 Å². The fourth-order valence-corrected chi connectivity index (χ4v) is 4.75. The van der Waals surface area contributed by atoms with Crippen molar-refractivity contribution in [1.29, 1.82) is 0 Å². The number of rotatable bonds is 10. The van der Waals surface area contributed by atoms with E-state index < -0.39 is 5.41 Å². The molecule has 0 atom stereocenters. The van der Waals surface area contributed by atoms with E-state index in [1.807, 2.05) is 19.9 Å². The minimum Gasteiger partial charge on any atom is -0.465 e. The lowest BCUT2D eigenvalue weighted by molar-refractivity contribution is -0.146. The second-order valence-electron chi connectivity index (χ2n) is 9.45. The van der Waals surface area contributed by atoms with Gasteiger partial charge in [-0.1, -0.05) is 84.0 Å². The Hall–Kier alpha value is -3.70. The Kier molecular flexibility index (Phi) is 7.01. The van der Waals surface area contributed by atoms with Crippen LogP contribution in [0.4, 0.5) is 0 Å². The molecule has 5 nitrogen and oxygen atoms in total. The first kappa shape index (κ1) is 24.0. The lowest BCUT2D eigenvalue weighted by atomic mass is 9.93. The third kappa shape index (κ3) is 4.98. The summed E-state index contributed by atoms with van der Waals surface area (Å²) >= 11 is 0. The predicted octanol–water partition coefficient (Wildman–Crippen LogP) is 6.24. The monoisotopic (exact) mass is 480 g/mol. The highest BCUT2D eigenvalue weighted by molar-refractivity contribution is 5.87. The van der Waals surface area contributed by atoms with Gasteiger partial charge in [0, 0.05) is 17.7 Å². The van der Waals surface area contributed by atoms with Crippen molar-refractivity contribution < 1.29 is 14.1 Å². The maximum absolute atomic E-state index is 12.4. The Morgan fingerprint density at radius 3 is 2.22 bits per heavy atom. The summed E-state index contributed by atoms with van der Waals surface area (Å²) in [7, 11) is 0. The van der Waals surface area contributed by atoms with Crippen molar-refractivity contribution >= 4 is 5.97 Å². The Morgan fingerprint density at radius 1 is 0.944 bits per heavy atom. The fourth-order valence-electron chi connectivity index (χ4n) is 4.75. The van der Waals surface area contributed by atoms with Crippen molar-refractivity contribution in [1.82, 2.24) is 10.5 Å². The third-order valence-corrected chi connectivity index (χ3v) is 7.04. The summed E-state index contributed by atoms with van der Waals surface area (Å²) in [5.74, 6) is 0.733. The summed E-state index contributed by atoms with van der Waals surface area (Å²) < 4.78 is 11.0. The van der Waals surface area contributed by atoms with Gasteiger partial charge in [0.2, 0.25) is 0 Å². The van der Waals surface area contributed by atoms with E-state index in [0.717, 1.165) is 71.6 Å². The normalized spacial score (nSPS) is 13.9. The maximum atomic E-state index is 12.4. The average Bonchev–Trinajstić information content (AvgIpc) is 3.66. The molecular formula is C31H32N2O3. The molecule has 1 fully saturated rings. The van der Waals surface area contributed by atoms with Crippen LogP contribution in [0.1, 0.15) is 42.1 Å². The minimum atomic E-state index is -0.436. The summed E-state index contributed by atoms with van der Waals surface area (Å²) in [6.45, 7) is 5.96. The molecule has 0 bridgehead atoms. The van der Waals surface area contributed by atoms with E-state index in [4.69, 9.17) is 9.26 Å². The highest BCUT2D eigenvalue weighted by atomic mass is 16.5. The van der Waals surface area contributed by atoms with Crippen LogP contribution in [0.25, 0.3) is 22.5 Å². The van der Waals surface area contributed by atoms with Gasteiger partial charge in [-0.2, -0.15) is 0 Å². The molecular weight excluding hydrogens is 448 g/mol. The topological polar surface area (TPSA) is 64.4 Å². The molecule has 1 aromatic heterocycles. The number of carbonyl (C=O) groups excluding carboxylic acids is 1. The molecule has 0 radical (unpaired) electrons. The number of hydrogen-bond acceptors (Lipinski definition) is 5. The molecule has 3 aromatic carbocycles. The maximum Gasteiger partial charge on any atom is 0.316 e. The zero-order valence-corrected chi connectivity index (χ0v) is 20.9. The van der Waals surface area contributed by atoms with Crippen LogP contribution >= 0.6 is 0 Å². The van der Waals surface area contributed by atoms with Crippen molar-refractivity contribution in [2.24, 2.45) is 0 Å². The van der Waals surface area contributed by atoms with E-state index in [2.05, 4.69) is 83.3 Å². The van der Waals surface area contributed by atoms with E-state index in [-0.39, 0.29) is 5.97 Å². The van der Waals surface area contributed by atoms with Crippen LogP contribution < -0.4 is 5.32 Å². The molecule has 1 saturated carbocycles. The van der Waals surface area contributed by atoms with E-state index in [9.17, 15) is 4.79 Å². The minimum absolute atomic E-state index is 0.101. The highest BCUT2D eigenvalue weighted by Gasteiger charge is 2.52. The molecule has 5 rings (SSSR count). The zero-order valence-electron chi connectivity index (χ0n) is 20.9. The third-order valence-electron chi connectivity index (χ3n) is 7.04. The Labute approximate surface area is 212 Å². The number of aryl methyl sites for hydroxylation is 1. The molecule has 1 aliphatic rings. The fraction of sp³-hybridized carbons (Fsp3) is 0.290. The number of nitrogens with one attached hydrogen (secondary N) is 1. The smallest absolute Gasteiger partial charge is 0.316 e. The van der Waals surface area contributed by atoms with Gasteiger partial charge in [0.05, 0.1) is 17.7 Å². The molecule has 1 aliphatic carbocycles. The molecule has 1 N–H and O–H groups in total. The van der Waals surface area contributed by atoms with Crippen molar-refractivity contribution in [3.05, 3.63) is 101 Å². The summed E-state index contributed by atoms with van der Waals surface area (Å²) in [4.78, 5) is 12.4. The zero-order chi connectivity index (χ0) is 25.0. The van der Waals surface area contributed by atoms with Gasteiger partial charge in [-0.25, -0.2) is 0 Å².